The molecule has 0 saturated carbocycles. The van der Waals surface area contributed by atoms with Crippen molar-refractivity contribution in [3.05, 3.63) is 35.4 Å². The summed E-state index contributed by atoms with van der Waals surface area (Å²) in [6.45, 7) is 13.5. The first-order valence-electron chi connectivity index (χ1n) is 7.43. The summed E-state index contributed by atoms with van der Waals surface area (Å²) in [5.41, 5.74) is 2.65. The monoisotopic (exact) mass is 279 g/mol. The highest BCUT2D eigenvalue weighted by atomic mass is 16.5. The van der Waals surface area contributed by atoms with Gasteiger partial charge in [-0.15, -0.1) is 0 Å². The molecule has 0 heterocycles. The summed E-state index contributed by atoms with van der Waals surface area (Å²) in [5.74, 6) is 0. The zero-order valence-corrected chi connectivity index (χ0v) is 13.5. The molecule has 1 aromatic rings. The Balaban J connectivity index is 2.35. The minimum absolute atomic E-state index is 0.136. The molecule has 0 bridgehead atoms. The van der Waals surface area contributed by atoms with Gasteiger partial charge in [0.05, 0.1) is 19.3 Å². The first-order valence-corrected chi connectivity index (χ1v) is 7.43. The minimum Gasteiger partial charge on any atom is -0.379 e. The van der Waals surface area contributed by atoms with E-state index in [0.29, 0.717) is 13.2 Å². The molecule has 114 valence electrons. The molecule has 1 rings (SSSR count). The summed E-state index contributed by atoms with van der Waals surface area (Å²) >= 11 is 0. The van der Waals surface area contributed by atoms with Crippen LogP contribution in [0.3, 0.4) is 0 Å². The predicted molar refractivity (Wildman–Crippen MR) is 83.8 cm³/mol. The average Bonchev–Trinajstić information content (AvgIpc) is 2.41. The Labute approximate surface area is 123 Å². The fourth-order valence-electron chi connectivity index (χ4n) is 1.69. The zero-order valence-electron chi connectivity index (χ0n) is 13.5. The molecule has 0 aliphatic rings. The van der Waals surface area contributed by atoms with E-state index < -0.39 is 0 Å². The molecule has 0 aliphatic heterocycles. The molecule has 0 amide bonds. The van der Waals surface area contributed by atoms with Crippen LogP contribution in [0, 0.1) is 0 Å². The van der Waals surface area contributed by atoms with E-state index in [1.54, 1.807) is 0 Å². The fourth-order valence-corrected chi connectivity index (χ4v) is 1.69. The van der Waals surface area contributed by atoms with Crippen molar-refractivity contribution in [2.45, 2.75) is 59.4 Å². The summed E-state index contributed by atoms with van der Waals surface area (Å²) in [4.78, 5) is 0. The normalized spacial score (nSPS) is 13.4. The van der Waals surface area contributed by atoms with E-state index in [0.717, 1.165) is 13.2 Å². The van der Waals surface area contributed by atoms with Crippen molar-refractivity contribution >= 4 is 0 Å². The van der Waals surface area contributed by atoms with Crippen LogP contribution >= 0.6 is 0 Å². The van der Waals surface area contributed by atoms with E-state index in [1.165, 1.54) is 11.1 Å². The number of ether oxygens (including phenoxy) is 2. The number of nitrogens with one attached hydrogen (secondary N) is 1. The topological polar surface area (TPSA) is 30.5 Å². The summed E-state index contributed by atoms with van der Waals surface area (Å²) in [7, 11) is 0. The van der Waals surface area contributed by atoms with Gasteiger partial charge in [-0.05, 0) is 45.7 Å². The largest absolute Gasteiger partial charge is 0.379 e. The Hall–Kier alpha value is -0.900. The van der Waals surface area contributed by atoms with E-state index in [1.807, 2.05) is 13.8 Å². The van der Waals surface area contributed by atoms with Gasteiger partial charge in [0.25, 0.3) is 0 Å². The van der Waals surface area contributed by atoms with Gasteiger partial charge >= 0.3 is 0 Å². The van der Waals surface area contributed by atoms with Crippen LogP contribution in [0.4, 0.5) is 0 Å². The maximum Gasteiger partial charge on any atom is 0.0785 e. The van der Waals surface area contributed by atoms with Gasteiger partial charge in [0.2, 0.25) is 0 Å². The Morgan fingerprint density at radius 1 is 1.10 bits per heavy atom. The predicted octanol–water partition coefficient (Wildman–Crippen LogP) is 3.52. The quantitative estimate of drug-likeness (QED) is 0.790. The van der Waals surface area contributed by atoms with Crippen molar-refractivity contribution in [3.8, 4) is 0 Å². The number of hydrogen-bond acceptors (Lipinski definition) is 3. The lowest BCUT2D eigenvalue weighted by Crippen LogP contribution is -2.35. The lowest BCUT2D eigenvalue weighted by Gasteiger charge is -2.20. The second-order valence-corrected chi connectivity index (χ2v) is 6.20. The molecule has 1 unspecified atom stereocenters. The molecule has 3 heteroatoms. The highest BCUT2D eigenvalue weighted by Gasteiger charge is 2.08. The number of rotatable bonds is 8. The Bertz CT molecular complexity index is 368. The standard InChI is InChI=1S/C17H29NO2/c1-6-19-12-14(2)20-13-16-9-7-15(8-10-16)11-18-17(3,4)5/h7-10,14,18H,6,11-13H2,1-5H3. The molecule has 1 aromatic carbocycles. The summed E-state index contributed by atoms with van der Waals surface area (Å²) < 4.78 is 11.1. The number of benzene rings is 1. The average molecular weight is 279 g/mol. The lowest BCUT2D eigenvalue weighted by atomic mass is 10.1. The first-order chi connectivity index (χ1) is 9.40. The Kier molecular flexibility index (Phi) is 7.20. The molecular formula is C17H29NO2. The van der Waals surface area contributed by atoms with Gasteiger partial charge in [0.1, 0.15) is 0 Å². The van der Waals surface area contributed by atoms with Crippen molar-refractivity contribution in [2.75, 3.05) is 13.2 Å². The van der Waals surface area contributed by atoms with E-state index in [2.05, 4.69) is 50.4 Å². The third-order valence-electron chi connectivity index (χ3n) is 2.94. The second kappa shape index (κ2) is 8.40. The SMILES string of the molecule is CCOCC(C)OCc1ccc(CNC(C)(C)C)cc1. The van der Waals surface area contributed by atoms with Crippen LogP contribution in [-0.4, -0.2) is 24.9 Å². The molecule has 1 N–H and O–H groups in total. The van der Waals surface area contributed by atoms with Gasteiger partial charge in [-0.1, -0.05) is 24.3 Å². The van der Waals surface area contributed by atoms with E-state index >= 15 is 0 Å². The molecule has 0 radical (unpaired) electrons. The van der Waals surface area contributed by atoms with Crippen molar-refractivity contribution in [3.63, 3.8) is 0 Å². The molecular weight excluding hydrogens is 250 g/mol. The van der Waals surface area contributed by atoms with E-state index in [-0.39, 0.29) is 11.6 Å². The summed E-state index contributed by atoms with van der Waals surface area (Å²) in [6.07, 6.45) is 0.136. The third-order valence-corrected chi connectivity index (χ3v) is 2.94. The van der Waals surface area contributed by atoms with Crippen molar-refractivity contribution < 1.29 is 9.47 Å². The zero-order chi connectivity index (χ0) is 15.0. The van der Waals surface area contributed by atoms with E-state index in [9.17, 15) is 0 Å². The lowest BCUT2D eigenvalue weighted by molar-refractivity contribution is -0.0116. The maximum absolute atomic E-state index is 5.74. The molecule has 0 aliphatic carbocycles. The maximum atomic E-state index is 5.74. The second-order valence-electron chi connectivity index (χ2n) is 6.20. The van der Waals surface area contributed by atoms with Crippen molar-refractivity contribution in [2.24, 2.45) is 0 Å². The summed E-state index contributed by atoms with van der Waals surface area (Å²) in [5, 5.41) is 3.48. The van der Waals surface area contributed by atoms with Gasteiger partial charge in [0, 0.05) is 18.7 Å². The molecule has 0 saturated heterocycles. The van der Waals surface area contributed by atoms with Crippen LogP contribution in [-0.2, 0) is 22.6 Å². The van der Waals surface area contributed by atoms with Crippen LogP contribution < -0.4 is 5.32 Å². The van der Waals surface area contributed by atoms with Crippen LogP contribution in [0.2, 0.25) is 0 Å². The third kappa shape index (κ3) is 7.63. The van der Waals surface area contributed by atoms with Gasteiger partial charge in [-0.25, -0.2) is 0 Å². The van der Waals surface area contributed by atoms with E-state index in [4.69, 9.17) is 9.47 Å². The molecule has 0 spiro atoms. The van der Waals surface area contributed by atoms with Crippen molar-refractivity contribution in [1.29, 1.82) is 0 Å². The highest BCUT2D eigenvalue weighted by molar-refractivity contribution is 5.22. The Morgan fingerprint density at radius 3 is 2.25 bits per heavy atom. The molecule has 20 heavy (non-hydrogen) atoms. The first kappa shape index (κ1) is 17.2. The van der Waals surface area contributed by atoms with Crippen molar-refractivity contribution in [1.82, 2.24) is 5.32 Å². The van der Waals surface area contributed by atoms with Crippen LogP contribution in [0.25, 0.3) is 0 Å². The highest BCUT2D eigenvalue weighted by Crippen LogP contribution is 2.09. The van der Waals surface area contributed by atoms with Crippen LogP contribution in [0.15, 0.2) is 24.3 Å². The smallest absolute Gasteiger partial charge is 0.0785 e. The summed E-state index contributed by atoms with van der Waals surface area (Å²) in [6, 6.07) is 8.58. The molecule has 0 aromatic heterocycles. The van der Waals surface area contributed by atoms with Gasteiger partial charge in [0.15, 0.2) is 0 Å². The Morgan fingerprint density at radius 2 is 1.70 bits per heavy atom. The van der Waals surface area contributed by atoms with Crippen LogP contribution in [0.1, 0.15) is 45.7 Å². The molecule has 1 atom stereocenters. The molecule has 3 nitrogen and oxygen atoms in total. The van der Waals surface area contributed by atoms with Gasteiger partial charge in [-0.3, -0.25) is 0 Å². The molecule has 0 fully saturated rings. The fraction of sp³-hybridized carbons (Fsp3) is 0.647. The minimum atomic E-state index is 0.136. The van der Waals surface area contributed by atoms with Gasteiger partial charge in [-0.2, -0.15) is 0 Å². The van der Waals surface area contributed by atoms with Gasteiger partial charge < -0.3 is 14.8 Å². The van der Waals surface area contributed by atoms with Crippen LogP contribution in [0.5, 0.6) is 0 Å². The number of hydrogen-bond donors (Lipinski definition) is 1.